The number of halogens is 1. The Balaban J connectivity index is 1.74. The summed E-state index contributed by atoms with van der Waals surface area (Å²) in [6.07, 6.45) is 1.95. The molecular weight excluding hydrogens is 328 g/mol. The summed E-state index contributed by atoms with van der Waals surface area (Å²) in [7, 11) is 1.32. The fraction of sp³-hybridized carbons (Fsp3) is 0.615. The van der Waals surface area contributed by atoms with Crippen LogP contribution in [0.25, 0.3) is 0 Å². The number of hydrogen-bond acceptors (Lipinski definition) is 6. The highest BCUT2D eigenvalue weighted by atomic mass is 35.5. The summed E-state index contributed by atoms with van der Waals surface area (Å²) in [5.74, 6) is -0.471. The molecule has 9 heteroatoms. The van der Waals surface area contributed by atoms with E-state index in [1.54, 1.807) is 0 Å². The van der Waals surface area contributed by atoms with Crippen molar-refractivity contribution in [3.8, 4) is 0 Å². The van der Waals surface area contributed by atoms with Gasteiger partial charge in [0.25, 0.3) is 0 Å². The number of nitrogens with one attached hydrogen (secondary N) is 1. The number of anilines is 1. The first-order valence-corrected chi connectivity index (χ1v) is 8.33. The Hall–Kier alpha value is -1.54. The normalized spacial score (nSPS) is 21.9. The maximum absolute atomic E-state index is 11.8. The quantitative estimate of drug-likeness (QED) is 0.843. The predicted octanol–water partition coefficient (Wildman–Crippen LogP) is 1.58. The van der Waals surface area contributed by atoms with Gasteiger partial charge in [-0.1, -0.05) is 22.9 Å². The van der Waals surface area contributed by atoms with Gasteiger partial charge in [0.1, 0.15) is 0 Å². The minimum absolute atomic E-state index is 0.000675. The zero-order valence-corrected chi connectivity index (χ0v) is 13.7. The van der Waals surface area contributed by atoms with E-state index in [9.17, 15) is 9.59 Å². The SMILES string of the molecule is COC(=O)c1sc(N2CCCC(N3CCNC3=O)C2)nc1Cl. The summed E-state index contributed by atoms with van der Waals surface area (Å²) >= 11 is 7.26. The number of rotatable bonds is 3. The van der Waals surface area contributed by atoms with E-state index in [0.717, 1.165) is 25.9 Å². The summed E-state index contributed by atoms with van der Waals surface area (Å²) in [5.41, 5.74) is 0. The summed E-state index contributed by atoms with van der Waals surface area (Å²) < 4.78 is 4.70. The highest BCUT2D eigenvalue weighted by Crippen LogP contribution is 2.32. The Kier molecular flexibility index (Phi) is 4.39. The average Bonchev–Trinajstić information content (AvgIpc) is 3.12. The van der Waals surface area contributed by atoms with Crippen molar-refractivity contribution >= 4 is 40.1 Å². The lowest BCUT2D eigenvalue weighted by Crippen LogP contribution is -2.49. The lowest BCUT2D eigenvalue weighted by Gasteiger charge is -2.36. The lowest BCUT2D eigenvalue weighted by molar-refractivity contribution is 0.0606. The van der Waals surface area contributed by atoms with E-state index >= 15 is 0 Å². The van der Waals surface area contributed by atoms with Gasteiger partial charge in [-0.05, 0) is 12.8 Å². The number of carbonyl (C=O) groups is 2. The lowest BCUT2D eigenvalue weighted by atomic mass is 10.1. The minimum atomic E-state index is -0.471. The molecule has 3 rings (SSSR count). The van der Waals surface area contributed by atoms with E-state index in [-0.39, 0.29) is 17.2 Å². The molecule has 1 aromatic heterocycles. The monoisotopic (exact) mass is 344 g/mol. The van der Waals surface area contributed by atoms with Crippen LogP contribution in [0, 0.1) is 0 Å². The van der Waals surface area contributed by atoms with Gasteiger partial charge in [-0.25, -0.2) is 14.6 Å². The molecule has 3 heterocycles. The number of urea groups is 1. The fourth-order valence-electron chi connectivity index (χ4n) is 2.86. The molecule has 0 spiro atoms. The van der Waals surface area contributed by atoms with Crippen LogP contribution in [-0.2, 0) is 4.74 Å². The van der Waals surface area contributed by atoms with Crippen molar-refractivity contribution < 1.29 is 14.3 Å². The van der Waals surface area contributed by atoms with E-state index in [4.69, 9.17) is 16.3 Å². The van der Waals surface area contributed by atoms with Crippen LogP contribution in [0.2, 0.25) is 5.15 Å². The average molecular weight is 345 g/mol. The maximum Gasteiger partial charge on any atom is 0.351 e. The summed E-state index contributed by atoms with van der Waals surface area (Å²) in [4.78, 5) is 32.0. The van der Waals surface area contributed by atoms with Crippen LogP contribution < -0.4 is 10.2 Å². The molecule has 120 valence electrons. The largest absolute Gasteiger partial charge is 0.465 e. The second kappa shape index (κ2) is 6.29. The number of carbonyl (C=O) groups excluding carboxylic acids is 2. The first-order chi connectivity index (χ1) is 10.6. The van der Waals surface area contributed by atoms with Crippen LogP contribution in [-0.4, -0.2) is 61.2 Å². The van der Waals surface area contributed by atoms with Crippen molar-refractivity contribution in [1.29, 1.82) is 0 Å². The number of hydrogen-bond donors (Lipinski definition) is 1. The van der Waals surface area contributed by atoms with Crippen molar-refractivity contribution in [3.63, 3.8) is 0 Å². The number of amides is 2. The molecule has 2 aliphatic heterocycles. The number of ether oxygens (including phenoxy) is 1. The smallest absolute Gasteiger partial charge is 0.351 e. The van der Waals surface area contributed by atoms with Gasteiger partial charge in [-0.15, -0.1) is 0 Å². The Morgan fingerprint density at radius 2 is 2.32 bits per heavy atom. The molecule has 0 aromatic carbocycles. The highest BCUT2D eigenvalue weighted by Gasteiger charge is 2.32. The molecule has 1 N–H and O–H groups in total. The second-order valence-electron chi connectivity index (χ2n) is 5.28. The molecule has 0 aliphatic carbocycles. The topological polar surface area (TPSA) is 74.8 Å². The number of piperidine rings is 1. The van der Waals surface area contributed by atoms with Gasteiger partial charge >= 0.3 is 12.0 Å². The molecule has 2 saturated heterocycles. The minimum Gasteiger partial charge on any atom is -0.465 e. The van der Waals surface area contributed by atoms with Crippen LogP contribution in [0.3, 0.4) is 0 Å². The standard InChI is InChI=1S/C13H17ClN4O3S/c1-21-11(19)9-10(14)16-13(22-9)17-5-2-3-8(7-17)18-6-4-15-12(18)20/h8H,2-7H2,1H3,(H,15,20). The van der Waals surface area contributed by atoms with E-state index < -0.39 is 5.97 Å². The summed E-state index contributed by atoms with van der Waals surface area (Å²) in [6.45, 7) is 2.99. The van der Waals surface area contributed by atoms with E-state index in [0.29, 0.717) is 23.1 Å². The molecule has 1 aromatic rings. The Bertz CT molecular complexity index is 594. The number of aromatic nitrogens is 1. The van der Waals surface area contributed by atoms with E-state index in [1.165, 1.54) is 18.4 Å². The molecule has 2 aliphatic rings. The third-order valence-electron chi connectivity index (χ3n) is 3.94. The fourth-order valence-corrected chi connectivity index (χ4v) is 4.10. The van der Waals surface area contributed by atoms with Crippen molar-refractivity contribution in [2.75, 3.05) is 38.2 Å². The zero-order chi connectivity index (χ0) is 15.7. The van der Waals surface area contributed by atoms with E-state index in [1.807, 2.05) is 4.90 Å². The molecule has 7 nitrogen and oxygen atoms in total. The van der Waals surface area contributed by atoms with Crippen LogP contribution in [0.5, 0.6) is 0 Å². The van der Waals surface area contributed by atoms with Crippen LogP contribution in [0.4, 0.5) is 9.93 Å². The molecule has 1 atom stereocenters. The summed E-state index contributed by atoms with van der Waals surface area (Å²) in [6, 6.07) is 0.166. The van der Waals surface area contributed by atoms with Crippen molar-refractivity contribution in [3.05, 3.63) is 10.0 Å². The molecule has 1 unspecified atom stereocenters. The first kappa shape index (κ1) is 15.4. The molecule has 22 heavy (non-hydrogen) atoms. The molecule has 2 fully saturated rings. The van der Waals surface area contributed by atoms with Gasteiger partial charge in [-0.3, -0.25) is 0 Å². The molecule has 2 amide bonds. The molecule has 0 bridgehead atoms. The number of thiazole rings is 1. The van der Waals surface area contributed by atoms with Crippen molar-refractivity contribution in [1.82, 2.24) is 15.2 Å². The first-order valence-electron chi connectivity index (χ1n) is 7.14. The van der Waals surface area contributed by atoms with Gasteiger partial charge in [0.05, 0.1) is 13.2 Å². The van der Waals surface area contributed by atoms with Crippen LogP contribution >= 0.6 is 22.9 Å². The molecule has 0 saturated carbocycles. The zero-order valence-electron chi connectivity index (χ0n) is 12.2. The van der Waals surface area contributed by atoms with Crippen LogP contribution in [0.15, 0.2) is 0 Å². The Labute approximate surface area is 137 Å². The van der Waals surface area contributed by atoms with Gasteiger partial charge < -0.3 is 19.9 Å². The van der Waals surface area contributed by atoms with Crippen LogP contribution in [0.1, 0.15) is 22.5 Å². The third-order valence-corrected chi connectivity index (χ3v) is 5.42. The molecular formula is C13H17ClN4O3S. The predicted molar refractivity (Wildman–Crippen MR) is 83.8 cm³/mol. The number of nitrogens with zero attached hydrogens (tertiary/aromatic N) is 3. The highest BCUT2D eigenvalue weighted by molar-refractivity contribution is 7.18. The maximum atomic E-state index is 11.8. The van der Waals surface area contributed by atoms with Crippen molar-refractivity contribution in [2.45, 2.75) is 18.9 Å². The second-order valence-corrected chi connectivity index (χ2v) is 6.61. The summed E-state index contributed by atoms with van der Waals surface area (Å²) in [5, 5.41) is 3.71. The Morgan fingerprint density at radius 3 is 3.00 bits per heavy atom. The van der Waals surface area contributed by atoms with Gasteiger partial charge in [0.2, 0.25) is 0 Å². The van der Waals surface area contributed by atoms with Crippen molar-refractivity contribution in [2.24, 2.45) is 0 Å². The van der Waals surface area contributed by atoms with Gasteiger partial charge in [-0.2, -0.15) is 0 Å². The molecule has 0 radical (unpaired) electrons. The van der Waals surface area contributed by atoms with Gasteiger partial charge in [0.15, 0.2) is 15.2 Å². The Morgan fingerprint density at radius 1 is 1.50 bits per heavy atom. The number of esters is 1. The number of methoxy groups -OCH3 is 1. The van der Waals surface area contributed by atoms with Gasteiger partial charge in [0, 0.05) is 26.2 Å². The van der Waals surface area contributed by atoms with E-state index in [2.05, 4.69) is 15.2 Å². The third kappa shape index (κ3) is 2.85.